The van der Waals surface area contributed by atoms with Crippen molar-refractivity contribution >= 4 is 0 Å². The predicted octanol–water partition coefficient (Wildman–Crippen LogP) is 0.535. The van der Waals surface area contributed by atoms with Crippen LogP contribution in [0.3, 0.4) is 0 Å². The van der Waals surface area contributed by atoms with Crippen LogP contribution in [0.1, 0.15) is 25.7 Å². The van der Waals surface area contributed by atoms with Crippen molar-refractivity contribution in [1.82, 2.24) is 15.1 Å². The van der Waals surface area contributed by atoms with Gasteiger partial charge < -0.3 is 15.0 Å². The third-order valence-corrected chi connectivity index (χ3v) is 4.47. The molecule has 4 nitrogen and oxygen atoms in total. The second-order valence-electron chi connectivity index (χ2n) is 6.00. The van der Waals surface area contributed by atoms with Crippen LogP contribution in [0.25, 0.3) is 0 Å². The molecule has 1 saturated carbocycles. The third-order valence-electron chi connectivity index (χ3n) is 4.47. The van der Waals surface area contributed by atoms with Gasteiger partial charge in [-0.2, -0.15) is 0 Å². The standard InChI is InChI=1S/C14H27N3O/c1-2-6-16(5-1)7-8-17-9-10-18-12-14(17)11-15-13-3-4-13/h13-15H,1-12H2. The highest BCUT2D eigenvalue weighted by Gasteiger charge is 2.27. The summed E-state index contributed by atoms with van der Waals surface area (Å²) in [6, 6.07) is 1.41. The maximum Gasteiger partial charge on any atom is 0.0634 e. The van der Waals surface area contributed by atoms with E-state index in [4.69, 9.17) is 4.74 Å². The Balaban J connectivity index is 1.41. The molecular formula is C14H27N3O. The molecule has 0 bridgehead atoms. The van der Waals surface area contributed by atoms with E-state index in [1.807, 2.05) is 0 Å². The molecule has 0 aromatic carbocycles. The van der Waals surface area contributed by atoms with Gasteiger partial charge in [0.1, 0.15) is 0 Å². The van der Waals surface area contributed by atoms with E-state index in [9.17, 15) is 0 Å². The van der Waals surface area contributed by atoms with Gasteiger partial charge in [-0.1, -0.05) is 0 Å². The lowest BCUT2D eigenvalue weighted by Gasteiger charge is -2.36. The molecule has 18 heavy (non-hydrogen) atoms. The van der Waals surface area contributed by atoms with Gasteiger partial charge in [0.05, 0.1) is 13.2 Å². The normalized spacial score (nSPS) is 31.0. The number of likely N-dealkylation sites (tertiary alicyclic amines) is 1. The van der Waals surface area contributed by atoms with E-state index in [2.05, 4.69) is 15.1 Å². The maximum absolute atomic E-state index is 5.64. The molecule has 2 saturated heterocycles. The van der Waals surface area contributed by atoms with Crippen molar-refractivity contribution in [3.63, 3.8) is 0 Å². The largest absolute Gasteiger partial charge is 0.378 e. The summed E-state index contributed by atoms with van der Waals surface area (Å²) >= 11 is 0. The second kappa shape index (κ2) is 6.33. The highest BCUT2D eigenvalue weighted by Crippen LogP contribution is 2.19. The fraction of sp³-hybridized carbons (Fsp3) is 1.00. The summed E-state index contributed by atoms with van der Waals surface area (Å²) in [5.74, 6) is 0. The Morgan fingerprint density at radius 2 is 1.89 bits per heavy atom. The first-order valence-corrected chi connectivity index (χ1v) is 7.69. The summed E-state index contributed by atoms with van der Waals surface area (Å²) in [5.41, 5.74) is 0. The van der Waals surface area contributed by atoms with E-state index in [0.717, 1.165) is 32.3 Å². The molecule has 104 valence electrons. The van der Waals surface area contributed by atoms with Gasteiger partial charge in [0.25, 0.3) is 0 Å². The molecule has 0 aromatic rings. The molecule has 1 atom stereocenters. The van der Waals surface area contributed by atoms with E-state index in [0.29, 0.717) is 6.04 Å². The van der Waals surface area contributed by atoms with E-state index in [-0.39, 0.29) is 0 Å². The molecule has 1 N–H and O–H groups in total. The third kappa shape index (κ3) is 3.67. The van der Waals surface area contributed by atoms with Crippen LogP contribution in [-0.2, 0) is 4.74 Å². The first-order chi connectivity index (χ1) is 8.92. The van der Waals surface area contributed by atoms with Crippen molar-refractivity contribution in [1.29, 1.82) is 0 Å². The highest BCUT2D eigenvalue weighted by molar-refractivity contribution is 4.85. The molecule has 0 amide bonds. The number of nitrogens with one attached hydrogen (secondary N) is 1. The topological polar surface area (TPSA) is 27.7 Å². The molecule has 0 radical (unpaired) electrons. The number of hydrogen-bond acceptors (Lipinski definition) is 4. The van der Waals surface area contributed by atoms with Crippen molar-refractivity contribution < 1.29 is 4.74 Å². The van der Waals surface area contributed by atoms with Crippen molar-refractivity contribution in [3.8, 4) is 0 Å². The van der Waals surface area contributed by atoms with Gasteiger partial charge in [0.15, 0.2) is 0 Å². The lowest BCUT2D eigenvalue weighted by atomic mass is 10.2. The zero-order valence-corrected chi connectivity index (χ0v) is 11.4. The molecule has 2 aliphatic heterocycles. The number of morpholine rings is 1. The molecule has 2 heterocycles. The lowest BCUT2D eigenvalue weighted by Crippen LogP contribution is -2.52. The fourth-order valence-corrected chi connectivity index (χ4v) is 3.04. The Kier molecular flexibility index (Phi) is 4.52. The molecule has 1 unspecified atom stereocenters. The summed E-state index contributed by atoms with van der Waals surface area (Å²) in [6.45, 7) is 9.17. The van der Waals surface area contributed by atoms with Gasteiger partial charge in [-0.25, -0.2) is 0 Å². The van der Waals surface area contributed by atoms with Crippen LogP contribution < -0.4 is 5.32 Å². The van der Waals surface area contributed by atoms with Crippen molar-refractivity contribution in [3.05, 3.63) is 0 Å². The van der Waals surface area contributed by atoms with Crippen LogP contribution in [0.5, 0.6) is 0 Å². The first kappa shape index (κ1) is 12.9. The van der Waals surface area contributed by atoms with Gasteiger partial charge in [-0.05, 0) is 38.8 Å². The Labute approximate surface area is 111 Å². The molecule has 0 spiro atoms. The Hall–Kier alpha value is -0.160. The molecule has 1 aliphatic carbocycles. The number of hydrogen-bond donors (Lipinski definition) is 1. The van der Waals surface area contributed by atoms with Crippen molar-refractivity contribution in [2.45, 2.75) is 37.8 Å². The first-order valence-electron chi connectivity index (χ1n) is 7.69. The van der Waals surface area contributed by atoms with Crippen LogP contribution in [0.15, 0.2) is 0 Å². The van der Waals surface area contributed by atoms with E-state index in [1.54, 1.807) is 0 Å². The molecule has 0 aromatic heterocycles. The zero-order chi connectivity index (χ0) is 12.2. The monoisotopic (exact) mass is 253 g/mol. The predicted molar refractivity (Wildman–Crippen MR) is 72.9 cm³/mol. The van der Waals surface area contributed by atoms with Crippen LogP contribution >= 0.6 is 0 Å². The van der Waals surface area contributed by atoms with Crippen LogP contribution in [-0.4, -0.2) is 74.4 Å². The van der Waals surface area contributed by atoms with Crippen LogP contribution in [0.4, 0.5) is 0 Å². The van der Waals surface area contributed by atoms with Gasteiger partial charge in [0, 0.05) is 38.3 Å². The molecule has 3 aliphatic rings. The fourth-order valence-electron chi connectivity index (χ4n) is 3.04. The molecule has 3 rings (SSSR count). The smallest absolute Gasteiger partial charge is 0.0634 e. The van der Waals surface area contributed by atoms with Crippen molar-refractivity contribution in [2.24, 2.45) is 0 Å². The molecule has 4 heteroatoms. The van der Waals surface area contributed by atoms with Gasteiger partial charge in [-0.3, -0.25) is 4.90 Å². The Bertz CT molecular complexity index is 251. The summed E-state index contributed by atoms with van der Waals surface area (Å²) < 4.78 is 5.64. The number of nitrogens with zero attached hydrogens (tertiary/aromatic N) is 2. The van der Waals surface area contributed by atoms with Crippen LogP contribution in [0, 0.1) is 0 Å². The van der Waals surface area contributed by atoms with Gasteiger partial charge in [0.2, 0.25) is 0 Å². The Morgan fingerprint density at radius 3 is 2.67 bits per heavy atom. The second-order valence-corrected chi connectivity index (χ2v) is 6.00. The average molecular weight is 253 g/mol. The molecular weight excluding hydrogens is 226 g/mol. The van der Waals surface area contributed by atoms with E-state index < -0.39 is 0 Å². The maximum atomic E-state index is 5.64. The minimum absolute atomic E-state index is 0.599. The van der Waals surface area contributed by atoms with Crippen LogP contribution in [0.2, 0.25) is 0 Å². The minimum atomic E-state index is 0.599. The van der Waals surface area contributed by atoms with E-state index >= 15 is 0 Å². The lowest BCUT2D eigenvalue weighted by molar-refractivity contribution is -0.00967. The summed E-state index contributed by atoms with van der Waals surface area (Å²) in [5, 5.41) is 3.65. The quantitative estimate of drug-likeness (QED) is 0.747. The van der Waals surface area contributed by atoms with Gasteiger partial charge >= 0.3 is 0 Å². The zero-order valence-electron chi connectivity index (χ0n) is 11.4. The Morgan fingerprint density at radius 1 is 1.06 bits per heavy atom. The number of rotatable bonds is 6. The molecule has 3 fully saturated rings. The minimum Gasteiger partial charge on any atom is -0.378 e. The summed E-state index contributed by atoms with van der Waals surface area (Å²) in [6.07, 6.45) is 5.55. The SMILES string of the molecule is C1CCN(CCN2CCOCC2CNC2CC2)C1. The average Bonchev–Trinajstić information content (AvgIpc) is 3.09. The van der Waals surface area contributed by atoms with E-state index in [1.165, 1.54) is 51.9 Å². The summed E-state index contributed by atoms with van der Waals surface area (Å²) in [7, 11) is 0. The van der Waals surface area contributed by atoms with Gasteiger partial charge in [-0.15, -0.1) is 0 Å². The highest BCUT2D eigenvalue weighted by atomic mass is 16.5. The number of ether oxygens (including phenoxy) is 1. The van der Waals surface area contributed by atoms with Crippen molar-refractivity contribution in [2.75, 3.05) is 52.5 Å². The summed E-state index contributed by atoms with van der Waals surface area (Å²) in [4.78, 5) is 5.25.